The first-order chi connectivity index (χ1) is 21.8. The zero-order chi connectivity index (χ0) is 30.0. The molecular formula is C39H39BN2OSi. The van der Waals surface area contributed by atoms with Crippen molar-refractivity contribution in [3.8, 4) is 5.75 Å². The van der Waals surface area contributed by atoms with Gasteiger partial charge in [0.25, 0.3) is 0 Å². The number of ether oxygens (including phenoxy) is 1. The van der Waals surface area contributed by atoms with Crippen molar-refractivity contribution in [3.05, 3.63) is 175 Å². The molecule has 0 radical (unpaired) electrons. The molecule has 218 valence electrons. The molecule has 0 amide bonds. The largest absolute Gasteiger partial charge is 0.494 e. The number of hydrogen-bond donors (Lipinski definition) is 0. The van der Waals surface area contributed by atoms with Crippen molar-refractivity contribution in [3.63, 3.8) is 0 Å². The lowest BCUT2D eigenvalue weighted by Crippen LogP contribution is -2.46. The smallest absolute Gasteiger partial charge is 0.212 e. The highest BCUT2D eigenvalue weighted by atomic mass is 28.2. The molecule has 3 nitrogen and oxygen atoms in total. The SMILES string of the molecule is CCOc1cccc([SiH2]C(c2ccccc2)(c2ccccc2)n2ccnc2)c1.c1ccc(B(c2ccccc2)C2CC2)cc1. The van der Waals surface area contributed by atoms with E-state index >= 15 is 0 Å². The molecule has 1 saturated carbocycles. The second kappa shape index (κ2) is 14.2. The van der Waals surface area contributed by atoms with Crippen LogP contribution < -0.4 is 20.8 Å². The van der Waals surface area contributed by atoms with E-state index in [-0.39, 0.29) is 5.16 Å². The average molecular weight is 591 g/mol. The minimum absolute atomic E-state index is 0.260. The Hall–Kier alpha value is -4.61. The summed E-state index contributed by atoms with van der Waals surface area (Å²) in [4.78, 5) is 4.39. The summed E-state index contributed by atoms with van der Waals surface area (Å²) < 4.78 is 8.04. The van der Waals surface area contributed by atoms with Gasteiger partial charge in [-0.3, -0.25) is 0 Å². The molecule has 44 heavy (non-hydrogen) atoms. The lowest BCUT2D eigenvalue weighted by Gasteiger charge is -2.37. The van der Waals surface area contributed by atoms with Crippen molar-refractivity contribution >= 4 is 32.3 Å². The summed E-state index contributed by atoms with van der Waals surface area (Å²) in [5, 5.41) is 1.09. The van der Waals surface area contributed by atoms with E-state index < -0.39 is 9.52 Å². The molecule has 0 bridgehead atoms. The molecule has 0 N–H and O–H groups in total. The summed E-state index contributed by atoms with van der Waals surface area (Å²) in [5.41, 5.74) is 5.51. The third-order valence-electron chi connectivity index (χ3n) is 8.53. The Morgan fingerprint density at radius 3 is 1.75 bits per heavy atom. The van der Waals surface area contributed by atoms with Crippen molar-refractivity contribution in [2.24, 2.45) is 0 Å². The van der Waals surface area contributed by atoms with Crippen LogP contribution in [0.25, 0.3) is 0 Å². The summed E-state index contributed by atoms with van der Waals surface area (Å²) >= 11 is 0. The molecule has 0 aliphatic heterocycles. The molecular weight excluding hydrogens is 551 g/mol. The number of rotatable bonds is 10. The van der Waals surface area contributed by atoms with Crippen LogP contribution in [0.2, 0.25) is 5.82 Å². The number of aromatic nitrogens is 2. The second-order valence-electron chi connectivity index (χ2n) is 11.5. The van der Waals surface area contributed by atoms with Crippen LogP contribution in [0.3, 0.4) is 0 Å². The van der Waals surface area contributed by atoms with Crippen LogP contribution in [-0.4, -0.2) is 32.4 Å². The van der Waals surface area contributed by atoms with Crippen molar-refractivity contribution in [2.45, 2.75) is 30.7 Å². The molecule has 5 aromatic carbocycles. The van der Waals surface area contributed by atoms with Crippen LogP contribution in [0.5, 0.6) is 5.75 Å². The molecule has 0 unspecified atom stereocenters. The molecule has 6 aromatic rings. The van der Waals surface area contributed by atoms with E-state index in [1.165, 1.54) is 40.1 Å². The van der Waals surface area contributed by atoms with Crippen molar-refractivity contribution < 1.29 is 4.74 Å². The average Bonchev–Trinajstić information content (AvgIpc) is 3.76. The summed E-state index contributed by atoms with van der Waals surface area (Å²) in [6, 6.07) is 51.9. The quantitative estimate of drug-likeness (QED) is 0.184. The van der Waals surface area contributed by atoms with Gasteiger partial charge in [-0.15, -0.1) is 0 Å². The monoisotopic (exact) mass is 590 g/mol. The Bertz CT molecular complexity index is 1610. The minimum Gasteiger partial charge on any atom is -0.494 e. The number of imidazole rings is 1. The van der Waals surface area contributed by atoms with Gasteiger partial charge in [-0.05, 0) is 30.2 Å². The van der Waals surface area contributed by atoms with E-state index in [1.807, 2.05) is 25.5 Å². The maximum atomic E-state index is 5.77. The van der Waals surface area contributed by atoms with Gasteiger partial charge in [0, 0.05) is 12.4 Å². The zero-order valence-corrected chi connectivity index (χ0v) is 26.8. The lowest BCUT2D eigenvalue weighted by atomic mass is 9.37. The third-order valence-corrected chi connectivity index (χ3v) is 11.1. The summed E-state index contributed by atoms with van der Waals surface area (Å²) in [6.07, 6.45) is 8.66. The first-order valence-corrected chi connectivity index (χ1v) is 17.1. The number of nitrogens with zero attached hydrogens (tertiary/aromatic N) is 2. The molecule has 1 heterocycles. The van der Waals surface area contributed by atoms with E-state index in [9.17, 15) is 0 Å². The highest BCUT2D eigenvalue weighted by Crippen LogP contribution is 2.38. The number of hydrogen-bond acceptors (Lipinski definition) is 2. The highest BCUT2D eigenvalue weighted by Gasteiger charge is 2.37. The van der Waals surface area contributed by atoms with Gasteiger partial charge in [0.1, 0.15) is 5.75 Å². The van der Waals surface area contributed by atoms with E-state index in [0.717, 1.165) is 11.6 Å². The molecule has 0 spiro atoms. The minimum atomic E-state index is -0.865. The van der Waals surface area contributed by atoms with Gasteiger partial charge >= 0.3 is 0 Å². The van der Waals surface area contributed by atoms with E-state index in [4.69, 9.17) is 4.74 Å². The topological polar surface area (TPSA) is 27.1 Å². The molecule has 7 rings (SSSR count). The molecule has 1 aromatic heterocycles. The molecule has 1 aliphatic carbocycles. The van der Waals surface area contributed by atoms with Crippen molar-refractivity contribution in [2.75, 3.05) is 6.61 Å². The van der Waals surface area contributed by atoms with Gasteiger partial charge in [0.15, 0.2) is 0 Å². The molecule has 5 heteroatoms. The van der Waals surface area contributed by atoms with Crippen LogP contribution in [0, 0.1) is 0 Å². The predicted octanol–water partition coefficient (Wildman–Crippen LogP) is 5.99. The summed E-state index contributed by atoms with van der Waals surface area (Å²) in [5.74, 6) is 1.80. The molecule has 1 fully saturated rings. The van der Waals surface area contributed by atoms with Gasteiger partial charge in [0.2, 0.25) is 6.71 Å². The maximum absolute atomic E-state index is 5.77. The normalized spacial score (nSPS) is 12.8. The van der Waals surface area contributed by atoms with Crippen LogP contribution in [0.15, 0.2) is 164 Å². The van der Waals surface area contributed by atoms with E-state index in [0.29, 0.717) is 13.3 Å². The Morgan fingerprint density at radius 2 is 1.27 bits per heavy atom. The molecule has 1 aliphatic rings. The van der Waals surface area contributed by atoms with Crippen LogP contribution >= 0.6 is 0 Å². The van der Waals surface area contributed by atoms with Gasteiger partial charge in [-0.2, -0.15) is 0 Å². The van der Waals surface area contributed by atoms with Crippen LogP contribution in [0.1, 0.15) is 30.9 Å². The summed E-state index contributed by atoms with van der Waals surface area (Å²) in [7, 11) is -0.865. The maximum Gasteiger partial charge on any atom is 0.212 e. The van der Waals surface area contributed by atoms with Crippen LogP contribution in [-0.2, 0) is 5.16 Å². The Labute approximate surface area is 264 Å². The lowest BCUT2D eigenvalue weighted by molar-refractivity contribution is 0.340. The zero-order valence-electron chi connectivity index (χ0n) is 25.4. The number of benzene rings is 5. The Kier molecular flexibility index (Phi) is 9.54. The predicted molar refractivity (Wildman–Crippen MR) is 188 cm³/mol. The van der Waals surface area contributed by atoms with Gasteiger partial charge in [-0.1, -0.05) is 168 Å². The summed E-state index contributed by atoms with van der Waals surface area (Å²) in [6.45, 7) is 3.31. The van der Waals surface area contributed by atoms with Gasteiger partial charge in [0.05, 0.1) is 27.6 Å². The first kappa shape index (κ1) is 29.5. The van der Waals surface area contributed by atoms with E-state index in [1.54, 1.807) is 0 Å². The van der Waals surface area contributed by atoms with Gasteiger partial charge < -0.3 is 9.30 Å². The third kappa shape index (κ3) is 6.79. The fourth-order valence-electron chi connectivity index (χ4n) is 6.37. The van der Waals surface area contributed by atoms with Crippen molar-refractivity contribution in [1.29, 1.82) is 0 Å². The van der Waals surface area contributed by atoms with Gasteiger partial charge in [-0.25, -0.2) is 4.98 Å². The fourth-order valence-corrected chi connectivity index (χ4v) is 8.76. The Balaban J connectivity index is 0.000000181. The van der Waals surface area contributed by atoms with Crippen molar-refractivity contribution in [1.82, 2.24) is 9.55 Å². The second-order valence-corrected chi connectivity index (χ2v) is 13.6. The standard InChI is InChI=1S/C24H24N2OSi.C15H15B/c1-2-27-22-14-9-15-23(18-22)28-24(26-17-16-25-19-26,20-10-5-3-6-11-20)21-12-7-4-8-13-21;1-3-7-13(8-4-1)16(15-11-12-15)14-9-5-2-6-10-14/h3-19H,2,28H2,1H3;1-10,15H,11-12H2. The molecule has 0 saturated heterocycles. The van der Waals surface area contributed by atoms with Crippen LogP contribution in [0.4, 0.5) is 0 Å². The first-order valence-electron chi connectivity index (χ1n) is 15.7. The highest BCUT2D eigenvalue weighted by molar-refractivity contribution is 6.86. The molecule has 0 atom stereocenters. The van der Waals surface area contributed by atoms with E-state index in [2.05, 4.69) is 155 Å². The fraction of sp³-hybridized carbons (Fsp3) is 0.154. The Morgan fingerprint density at radius 1 is 0.727 bits per heavy atom.